The second-order valence-corrected chi connectivity index (χ2v) is 12.7. The van der Waals surface area contributed by atoms with E-state index >= 15 is 4.39 Å². The van der Waals surface area contributed by atoms with Crippen molar-refractivity contribution in [2.24, 2.45) is 0 Å². The lowest BCUT2D eigenvalue weighted by Gasteiger charge is -2.45. The zero-order valence-electron chi connectivity index (χ0n) is 25.1. The lowest BCUT2D eigenvalue weighted by Crippen LogP contribution is -2.58. The molecule has 3 aliphatic rings. The van der Waals surface area contributed by atoms with Gasteiger partial charge in [0.25, 0.3) is 0 Å². The number of aryl methyl sites for hydroxylation is 1. The van der Waals surface area contributed by atoms with Gasteiger partial charge in [-0.15, -0.1) is 0 Å². The molecule has 5 rings (SSSR count). The topological polar surface area (TPSA) is 99.7 Å². The third kappa shape index (κ3) is 6.00. The standard InChI is InChI=1S/C30H38F4N6O3/c1-17(20-7-6-8-22(23(20)31)30(32,33)34)36-25-21-15-40(19-9-12-35-13-10-19)26(41)29(24(21)37-18(2)38-25)11-14-39(16-29)27(42)43-28(3,4)5/h6-8,17,19,35H,9-16H2,1-5H3,(H,36,37,38)/t17-,29?/m1/s1. The van der Waals surface area contributed by atoms with Crippen LogP contribution in [0.15, 0.2) is 18.2 Å². The molecule has 2 atom stereocenters. The van der Waals surface area contributed by atoms with E-state index in [1.165, 1.54) is 17.0 Å². The number of amides is 2. The highest BCUT2D eigenvalue weighted by Gasteiger charge is 2.56. The molecule has 1 unspecified atom stereocenters. The summed E-state index contributed by atoms with van der Waals surface area (Å²) in [6, 6.07) is 2.26. The lowest BCUT2D eigenvalue weighted by molar-refractivity contribution is -0.142. The molecule has 2 fully saturated rings. The van der Waals surface area contributed by atoms with Crippen LogP contribution in [0.3, 0.4) is 0 Å². The van der Waals surface area contributed by atoms with Crippen LogP contribution in [0.25, 0.3) is 0 Å². The highest BCUT2D eigenvalue weighted by molar-refractivity contribution is 5.92. The largest absolute Gasteiger partial charge is 0.444 e. The first-order valence-electron chi connectivity index (χ1n) is 14.6. The first kappa shape index (κ1) is 31.0. The molecule has 1 aromatic heterocycles. The maximum absolute atomic E-state index is 15.1. The molecular formula is C30H38F4N6O3. The van der Waals surface area contributed by atoms with Gasteiger partial charge in [-0.2, -0.15) is 13.2 Å². The van der Waals surface area contributed by atoms with Gasteiger partial charge in [0.1, 0.15) is 28.5 Å². The minimum Gasteiger partial charge on any atom is -0.444 e. The second-order valence-electron chi connectivity index (χ2n) is 12.7. The van der Waals surface area contributed by atoms with Crippen LogP contribution in [-0.4, -0.2) is 69.6 Å². The zero-order valence-corrected chi connectivity index (χ0v) is 25.1. The predicted octanol–water partition coefficient (Wildman–Crippen LogP) is 5.09. The third-order valence-corrected chi connectivity index (χ3v) is 8.40. The van der Waals surface area contributed by atoms with Gasteiger partial charge in [0, 0.05) is 30.3 Å². The summed E-state index contributed by atoms with van der Waals surface area (Å²) in [4.78, 5) is 40.2. The molecule has 0 bridgehead atoms. The number of fused-ring (bicyclic) bond motifs is 2. The molecule has 1 aromatic carbocycles. The number of carbonyl (C=O) groups excluding carboxylic acids is 2. The van der Waals surface area contributed by atoms with Crippen molar-refractivity contribution in [2.75, 3.05) is 31.5 Å². The summed E-state index contributed by atoms with van der Waals surface area (Å²) in [5.74, 6) is -0.787. The van der Waals surface area contributed by atoms with E-state index in [0.717, 1.165) is 25.9 Å². The fourth-order valence-electron chi connectivity index (χ4n) is 6.34. The molecule has 2 aromatic rings. The van der Waals surface area contributed by atoms with Crippen LogP contribution < -0.4 is 10.6 Å². The molecule has 0 aliphatic carbocycles. The molecule has 2 saturated heterocycles. The summed E-state index contributed by atoms with van der Waals surface area (Å²) in [5.41, 5.74) is -2.26. The highest BCUT2D eigenvalue weighted by atomic mass is 19.4. The Morgan fingerprint density at radius 3 is 2.53 bits per heavy atom. The summed E-state index contributed by atoms with van der Waals surface area (Å²) in [6.07, 6.45) is -3.54. The smallest absolute Gasteiger partial charge is 0.419 e. The minimum atomic E-state index is -4.84. The molecule has 43 heavy (non-hydrogen) atoms. The van der Waals surface area contributed by atoms with E-state index in [-0.39, 0.29) is 37.1 Å². The van der Waals surface area contributed by atoms with Gasteiger partial charge in [-0.3, -0.25) is 4.79 Å². The Bertz CT molecular complexity index is 1410. The van der Waals surface area contributed by atoms with Crippen LogP contribution >= 0.6 is 0 Å². The quantitative estimate of drug-likeness (QED) is 0.468. The van der Waals surface area contributed by atoms with Crippen LogP contribution in [0.2, 0.25) is 0 Å². The van der Waals surface area contributed by atoms with Crippen molar-refractivity contribution < 1.29 is 31.9 Å². The van der Waals surface area contributed by atoms with E-state index in [4.69, 9.17) is 9.72 Å². The zero-order chi connectivity index (χ0) is 31.3. The predicted molar refractivity (Wildman–Crippen MR) is 151 cm³/mol. The number of hydrogen-bond donors (Lipinski definition) is 2. The summed E-state index contributed by atoms with van der Waals surface area (Å²) < 4.78 is 61.0. The summed E-state index contributed by atoms with van der Waals surface area (Å²) in [5, 5.41) is 6.46. The van der Waals surface area contributed by atoms with Gasteiger partial charge in [-0.05, 0) is 73.0 Å². The molecule has 0 radical (unpaired) electrons. The Hall–Kier alpha value is -3.48. The molecule has 13 heteroatoms. The minimum absolute atomic E-state index is 0.0539. The molecule has 1 spiro atoms. The van der Waals surface area contributed by atoms with Crippen LogP contribution in [0.5, 0.6) is 0 Å². The summed E-state index contributed by atoms with van der Waals surface area (Å²) >= 11 is 0. The number of nitrogens with one attached hydrogen (secondary N) is 2. The van der Waals surface area contributed by atoms with Crippen LogP contribution in [0.4, 0.5) is 28.2 Å². The van der Waals surface area contributed by atoms with E-state index in [1.807, 2.05) is 4.90 Å². The SMILES string of the molecule is Cc1nc(N[C@H](C)c2cccc(C(F)(F)F)c2F)c2c(n1)C1(CCN(C(=O)OC(C)(C)C)C1)C(=O)N(C1CCNCC1)C2. The highest BCUT2D eigenvalue weighted by Crippen LogP contribution is 2.45. The fourth-order valence-corrected chi connectivity index (χ4v) is 6.34. The Balaban J connectivity index is 1.56. The summed E-state index contributed by atoms with van der Waals surface area (Å²) in [6.45, 7) is 10.6. The monoisotopic (exact) mass is 606 g/mol. The van der Waals surface area contributed by atoms with Gasteiger partial charge in [-0.25, -0.2) is 19.2 Å². The first-order valence-corrected chi connectivity index (χ1v) is 14.6. The first-order chi connectivity index (χ1) is 20.1. The van der Waals surface area contributed by atoms with E-state index in [9.17, 15) is 22.8 Å². The van der Waals surface area contributed by atoms with Crippen LogP contribution in [-0.2, 0) is 27.7 Å². The van der Waals surface area contributed by atoms with Crippen molar-refractivity contribution in [2.45, 2.75) is 89.7 Å². The maximum Gasteiger partial charge on any atom is 0.419 e. The van der Waals surface area contributed by atoms with Crippen molar-refractivity contribution in [3.8, 4) is 0 Å². The van der Waals surface area contributed by atoms with Crippen molar-refractivity contribution in [1.82, 2.24) is 25.1 Å². The number of piperidine rings is 1. The van der Waals surface area contributed by atoms with E-state index < -0.39 is 40.7 Å². The molecule has 9 nitrogen and oxygen atoms in total. The third-order valence-electron chi connectivity index (χ3n) is 8.40. The average molecular weight is 607 g/mol. The van der Waals surface area contributed by atoms with Gasteiger partial charge in [0.2, 0.25) is 5.91 Å². The Morgan fingerprint density at radius 1 is 1.19 bits per heavy atom. The number of likely N-dealkylation sites (tertiary alicyclic amines) is 1. The van der Waals surface area contributed by atoms with Crippen molar-refractivity contribution in [3.05, 3.63) is 52.2 Å². The van der Waals surface area contributed by atoms with Gasteiger partial charge < -0.3 is 25.2 Å². The number of rotatable bonds is 4. The van der Waals surface area contributed by atoms with Crippen LogP contribution in [0, 0.1) is 12.7 Å². The normalized spacial score (nSPS) is 22.1. The average Bonchev–Trinajstić information content (AvgIpc) is 3.37. The van der Waals surface area contributed by atoms with Gasteiger partial charge in [0.05, 0.1) is 23.8 Å². The second kappa shape index (κ2) is 11.2. The number of alkyl halides is 3. The molecule has 2 amide bonds. The number of halogens is 4. The molecular weight excluding hydrogens is 568 g/mol. The van der Waals surface area contributed by atoms with Gasteiger partial charge >= 0.3 is 12.3 Å². The Labute approximate surface area is 248 Å². The number of hydrogen-bond acceptors (Lipinski definition) is 7. The van der Waals surface area contributed by atoms with Gasteiger partial charge in [0.15, 0.2) is 0 Å². The van der Waals surface area contributed by atoms with Crippen molar-refractivity contribution in [1.29, 1.82) is 0 Å². The number of nitrogens with zero attached hydrogens (tertiary/aromatic N) is 4. The maximum atomic E-state index is 15.1. The van der Waals surface area contributed by atoms with Crippen molar-refractivity contribution >= 4 is 17.8 Å². The Morgan fingerprint density at radius 2 is 1.88 bits per heavy atom. The van der Waals surface area contributed by atoms with Gasteiger partial charge in [-0.1, -0.05) is 12.1 Å². The molecule has 234 valence electrons. The number of carbonyl (C=O) groups is 2. The van der Waals surface area contributed by atoms with E-state index in [0.29, 0.717) is 35.4 Å². The van der Waals surface area contributed by atoms with E-state index in [1.54, 1.807) is 34.6 Å². The van der Waals surface area contributed by atoms with Crippen LogP contribution in [0.1, 0.15) is 81.2 Å². The summed E-state index contributed by atoms with van der Waals surface area (Å²) in [7, 11) is 0. The number of aromatic nitrogens is 2. The Kier molecular flexibility index (Phi) is 8.08. The lowest BCUT2D eigenvalue weighted by atomic mass is 9.76. The number of ether oxygens (including phenoxy) is 1. The molecule has 0 saturated carbocycles. The number of anilines is 1. The van der Waals surface area contributed by atoms with Crippen molar-refractivity contribution in [3.63, 3.8) is 0 Å². The fraction of sp³-hybridized carbons (Fsp3) is 0.600. The molecule has 2 N–H and O–H groups in total. The molecule has 3 aliphatic heterocycles. The molecule has 4 heterocycles. The van der Waals surface area contributed by atoms with E-state index in [2.05, 4.69) is 15.6 Å². The number of benzene rings is 1.